The molecule has 18 heavy (non-hydrogen) atoms. The summed E-state index contributed by atoms with van der Waals surface area (Å²) in [5.41, 5.74) is 12.4. The van der Waals surface area contributed by atoms with Gasteiger partial charge in [-0.1, -0.05) is 60.7 Å². The molecule has 0 fully saturated rings. The van der Waals surface area contributed by atoms with Crippen molar-refractivity contribution in [3.63, 3.8) is 0 Å². The molecule has 0 atom stereocenters. The maximum atomic E-state index is 4.90. The molecule has 2 nitrogen and oxygen atoms in total. The van der Waals surface area contributed by atoms with Crippen LogP contribution in [0.3, 0.4) is 0 Å². The predicted octanol–water partition coefficient (Wildman–Crippen LogP) is -0.741. The minimum atomic E-state index is 0. The molecular formula is C14H18ClN2Os+. The van der Waals surface area contributed by atoms with Crippen molar-refractivity contribution in [2.75, 3.05) is 13.1 Å². The van der Waals surface area contributed by atoms with Crippen LogP contribution in [-0.4, -0.2) is 13.1 Å². The van der Waals surface area contributed by atoms with Crippen LogP contribution in [0.4, 0.5) is 0 Å². The standard InChI is InChI=1S/C12H10.C2H8N2.ClH.Os/c1-3-7-11(8-4-1)12-9-5-2-6-10-12;3-1-2-4;;/h1-10H;1-4H2;1H;/q;;;+2/p-1. The Kier molecular flexibility index (Phi) is 13.9. The molecule has 0 radical (unpaired) electrons. The van der Waals surface area contributed by atoms with Gasteiger partial charge in [0.2, 0.25) is 0 Å². The zero-order valence-electron chi connectivity index (χ0n) is 10.1. The molecular weight excluding hydrogens is 422 g/mol. The van der Waals surface area contributed by atoms with Crippen LogP contribution < -0.4 is 23.9 Å². The molecule has 0 amide bonds. The first kappa shape index (κ1) is 19.6. The van der Waals surface area contributed by atoms with Gasteiger partial charge in [0, 0.05) is 13.1 Å². The number of hydrogen-bond acceptors (Lipinski definition) is 2. The molecule has 98 valence electrons. The summed E-state index contributed by atoms with van der Waals surface area (Å²) in [6.07, 6.45) is 0. The topological polar surface area (TPSA) is 52.0 Å². The molecule has 0 aromatic heterocycles. The van der Waals surface area contributed by atoms with E-state index in [4.69, 9.17) is 11.5 Å². The zero-order chi connectivity index (χ0) is 11.6. The van der Waals surface area contributed by atoms with Gasteiger partial charge in [0.15, 0.2) is 0 Å². The average molecular weight is 440 g/mol. The third-order valence-electron chi connectivity index (χ3n) is 2.05. The van der Waals surface area contributed by atoms with Crippen molar-refractivity contribution in [3.05, 3.63) is 60.7 Å². The normalized spacial score (nSPS) is 8.11. The minimum absolute atomic E-state index is 0. The van der Waals surface area contributed by atoms with Gasteiger partial charge in [-0.3, -0.25) is 0 Å². The van der Waals surface area contributed by atoms with Crippen LogP contribution in [-0.2, 0) is 19.8 Å². The summed E-state index contributed by atoms with van der Waals surface area (Å²) in [7, 11) is 0. The van der Waals surface area contributed by atoms with E-state index in [1.54, 1.807) is 0 Å². The minimum Gasteiger partial charge on any atom is -1.00 e. The first-order chi connectivity index (χ1) is 7.88. The van der Waals surface area contributed by atoms with Gasteiger partial charge in [-0.15, -0.1) is 0 Å². The summed E-state index contributed by atoms with van der Waals surface area (Å²) in [4.78, 5) is 0. The van der Waals surface area contributed by atoms with Crippen molar-refractivity contribution in [1.82, 2.24) is 0 Å². The molecule has 2 aromatic carbocycles. The van der Waals surface area contributed by atoms with Crippen LogP contribution in [0, 0.1) is 0 Å². The van der Waals surface area contributed by atoms with Crippen molar-refractivity contribution in [2.24, 2.45) is 11.5 Å². The van der Waals surface area contributed by atoms with E-state index in [0.29, 0.717) is 13.1 Å². The van der Waals surface area contributed by atoms with Crippen molar-refractivity contribution in [2.45, 2.75) is 0 Å². The van der Waals surface area contributed by atoms with Gasteiger partial charge in [-0.05, 0) is 11.1 Å². The van der Waals surface area contributed by atoms with Crippen LogP contribution in [0.2, 0.25) is 0 Å². The first-order valence-electron chi connectivity index (χ1n) is 5.39. The fraction of sp³-hybridized carbons (Fsp3) is 0.143. The van der Waals surface area contributed by atoms with Crippen molar-refractivity contribution >= 4 is 0 Å². The van der Waals surface area contributed by atoms with Gasteiger partial charge in [0.25, 0.3) is 0 Å². The molecule has 0 saturated heterocycles. The second kappa shape index (κ2) is 12.7. The number of benzene rings is 2. The van der Waals surface area contributed by atoms with Crippen molar-refractivity contribution in [1.29, 1.82) is 0 Å². The summed E-state index contributed by atoms with van der Waals surface area (Å²) in [5, 5.41) is 0. The van der Waals surface area contributed by atoms with Crippen LogP contribution in [0.15, 0.2) is 60.7 Å². The molecule has 0 aliphatic heterocycles. The summed E-state index contributed by atoms with van der Waals surface area (Å²) >= 11 is 0. The van der Waals surface area contributed by atoms with E-state index in [2.05, 4.69) is 48.5 Å². The SMILES string of the molecule is NCCN.[Cl-].[Os+2].c1ccc(-c2ccccc2)cc1. The molecule has 0 aliphatic rings. The van der Waals surface area contributed by atoms with Crippen LogP contribution in [0.1, 0.15) is 0 Å². The monoisotopic (exact) mass is 441 g/mol. The Morgan fingerprint density at radius 1 is 0.611 bits per heavy atom. The Morgan fingerprint density at radius 3 is 1.11 bits per heavy atom. The second-order valence-corrected chi connectivity index (χ2v) is 3.31. The van der Waals surface area contributed by atoms with E-state index in [0.717, 1.165) is 0 Å². The largest absolute Gasteiger partial charge is 2.00 e. The van der Waals surface area contributed by atoms with Gasteiger partial charge < -0.3 is 23.9 Å². The molecule has 2 aromatic rings. The van der Waals surface area contributed by atoms with Crippen molar-refractivity contribution in [3.8, 4) is 11.1 Å². The van der Waals surface area contributed by atoms with E-state index >= 15 is 0 Å². The second-order valence-electron chi connectivity index (χ2n) is 3.31. The maximum absolute atomic E-state index is 4.90. The molecule has 0 saturated carbocycles. The third-order valence-corrected chi connectivity index (χ3v) is 2.05. The summed E-state index contributed by atoms with van der Waals surface area (Å²) in [6, 6.07) is 20.8. The Labute approximate surface area is 128 Å². The number of nitrogens with two attached hydrogens (primary N) is 2. The van der Waals surface area contributed by atoms with E-state index in [9.17, 15) is 0 Å². The molecule has 0 spiro atoms. The fourth-order valence-electron chi connectivity index (χ4n) is 1.26. The van der Waals surface area contributed by atoms with Gasteiger partial charge in [0.05, 0.1) is 0 Å². The van der Waals surface area contributed by atoms with Gasteiger partial charge >= 0.3 is 19.8 Å². The van der Waals surface area contributed by atoms with Crippen LogP contribution in [0.25, 0.3) is 11.1 Å². The Bertz CT molecular complexity index is 342. The van der Waals surface area contributed by atoms with Gasteiger partial charge in [-0.25, -0.2) is 0 Å². The van der Waals surface area contributed by atoms with E-state index < -0.39 is 0 Å². The van der Waals surface area contributed by atoms with E-state index in [-0.39, 0.29) is 32.2 Å². The number of rotatable bonds is 2. The van der Waals surface area contributed by atoms with Crippen LogP contribution in [0.5, 0.6) is 0 Å². The number of hydrogen-bond donors (Lipinski definition) is 2. The van der Waals surface area contributed by atoms with Crippen LogP contribution >= 0.6 is 0 Å². The molecule has 0 aliphatic carbocycles. The molecule has 0 bridgehead atoms. The molecule has 0 unspecified atom stereocenters. The molecule has 4 heteroatoms. The molecule has 2 rings (SSSR count). The summed E-state index contributed by atoms with van der Waals surface area (Å²) in [6.45, 7) is 1.19. The summed E-state index contributed by atoms with van der Waals surface area (Å²) in [5.74, 6) is 0. The third kappa shape index (κ3) is 7.58. The van der Waals surface area contributed by atoms with Crippen molar-refractivity contribution < 1.29 is 32.2 Å². The Balaban J connectivity index is 0. The summed E-state index contributed by atoms with van der Waals surface area (Å²) < 4.78 is 0. The molecule has 4 N–H and O–H groups in total. The average Bonchev–Trinajstić information content (AvgIpc) is 2.41. The fourth-order valence-corrected chi connectivity index (χ4v) is 1.26. The smallest absolute Gasteiger partial charge is 1.00 e. The first-order valence-corrected chi connectivity index (χ1v) is 5.39. The van der Waals surface area contributed by atoms with Gasteiger partial charge in [0.1, 0.15) is 0 Å². The Morgan fingerprint density at radius 2 is 0.889 bits per heavy atom. The van der Waals surface area contributed by atoms with Gasteiger partial charge in [-0.2, -0.15) is 0 Å². The Hall–Kier alpha value is -0.714. The molecule has 0 heterocycles. The quantitative estimate of drug-likeness (QED) is 0.647. The van der Waals surface area contributed by atoms with E-state index in [1.165, 1.54) is 11.1 Å². The zero-order valence-corrected chi connectivity index (χ0v) is 13.4. The number of halogens is 1. The van der Waals surface area contributed by atoms with E-state index in [1.807, 2.05) is 12.1 Å². The maximum Gasteiger partial charge on any atom is 2.00 e. The predicted molar refractivity (Wildman–Crippen MR) is 70.0 cm³/mol.